The minimum atomic E-state index is -0.0506. The van der Waals surface area contributed by atoms with Crippen molar-refractivity contribution in [3.8, 4) is 0 Å². The van der Waals surface area contributed by atoms with Gasteiger partial charge in [-0.3, -0.25) is 4.79 Å². The summed E-state index contributed by atoms with van der Waals surface area (Å²) in [5.74, 6) is 0.536. The third-order valence-electron chi connectivity index (χ3n) is 4.25. The second-order valence-electron chi connectivity index (χ2n) is 6.69. The molecule has 2 aromatic heterocycles. The van der Waals surface area contributed by atoms with Crippen molar-refractivity contribution < 1.29 is 0 Å². The summed E-state index contributed by atoms with van der Waals surface area (Å²) in [4.78, 5) is 18.8. The Hall–Kier alpha value is -2.11. The van der Waals surface area contributed by atoms with E-state index in [2.05, 4.69) is 33.4 Å². The number of imidazole rings is 1. The number of anilines is 1. The molecule has 23 heavy (non-hydrogen) atoms. The number of piperidine rings is 1. The van der Waals surface area contributed by atoms with Crippen molar-refractivity contribution in [1.82, 2.24) is 19.3 Å². The van der Waals surface area contributed by atoms with E-state index >= 15 is 0 Å². The van der Waals surface area contributed by atoms with Gasteiger partial charge in [-0.15, -0.1) is 0 Å². The Labute approximate surface area is 136 Å². The van der Waals surface area contributed by atoms with Crippen molar-refractivity contribution in [2.24, 2.45) is 5.92 Å². The molecule has 0 aliphatic carbocycles. The van der Waals surface area contributed by atoms with Crippen LogP contribution in [0.3, 0.4) is 0 Å². The Morgan fingerprint density at radius 3 is 2.65 bits per heavy atom. The monoisotopic (exact) mass is 315 g/mol. The van der Waals surface area contributed by atoms with E-state index in [1.807, 2.05) is 18.7 Å². The molecule has 0 spiro atoms. The molecule has 0 aromatic carbocycles. The van der Waals surface area contributed by atoms with Crippen LogP contribution in [0.2, 0.25) is 0 Å². The summed E-state index contributed by atoms with van der Waals surface area (Å²) in [6.07, 6.45) is 9.11. The van der Waals surface area contributed by atoms with E-state index in [9.17, 15) is 4.79 Å². The fraction of sp³-hybridized carbons (Fsp3) is 0.588. The van der Waals surface area contributed by atoms with Gasteiger partial charge in [0.2, 0.25) is 0 Å². The summed E-state index contributed by atoms with van der Waals surface area (Å²) in [5.41, 5.74) is 1.91. The van der Waals surface area contributed by atoms with Gasteiger partial charge in [-0.1, -0.05) is 13.8 Å². The first-order valence-corrected chi connectivity index (χ1v) is 8.44. The second kappa shape index (κ2) is 6.98. The lowest BCUT2D eigenvalue weighted by molar-refractivity contribution is 0.495. The highest BCUT2D eigenvalue weighted by Crippen LogP contribution is 2.17. The molecule has 1 saturated heterocycles. The normalized spacial score (nSPS) is 15.3. The maximum Gasteiger partial charge on any atom is 0.269 e. The topological polar surface area (TPSA) is 56.0 Å². The van der Waals surface area contributed by atoms with E-state index in [-0.39, 0.29) is 5.56 Å². The van der Waals surface area contributed by atoms with Crippen molar-refractivity contribution in [2.75, 3.05) is 18.0 Å². The zero-order chi connectivity index (χ0) is 16.2. The van der Waals surface area contributed by atoms with Gasteiger partial charge < -0.3 is 9.47 Å². The molecule has 0 saturated carbocycles. The first-order chi connectivity index (χ1) is 11.1. The molecule has 3 rings (SSSR count). The SMILES string of the molecule is CC(C)Cn1cncc1Cn1ncc(N2CCCCC2)cc1=O. The summed E-state index contributed by atoms with van der Waals surface area (Å²) < 4.78 is 3.61. The standard InChI is InChI=1S/C17H25N5O/c1-14(2)11-21-13-18-9-16(21)12-22-17(23)8-15(10-19-22)20-6-4-3-5-7-20/h8-10,13-14H,3-7,11-12H2,1-2H3. The summed E-state index contributed by atoms with van der Waals surface area (Å²) >= 11 is 0. The molecule has 0 N–H and O–H groups in total. The van der Waals surface area contributed by atoms with Crippen LogP contribution < -0.4 is 10.5 Å². The van der Waals surface area contributed by atoms with Crippen LogP contribution in [0.4, 0.5) is 5.69 Å². The van der Waals surface area contributed by atoms with Crippen molar-refractivity contribution >= 4 is 5.69 Å². The molecule has 1 aliphatic rings. The van der Waals surface area contributed by atoms with Gasteiger partial charge in [0.25, 0.3) is 5.56 Å². The predicted octanol–water partition coefficient (Wildman–Crippen LogP) is 2.13. The van der Waals surface area contributed by atoms with Gasteiger partial charge in [0.1, 0.15) is 0 Å². The van der Waals surface area contributed by atoms with Crippen LogP contribution in [0.15, 0.2) is 29.6 Å². The van der Waals surface area contributed by atoms with Crippen molar-refractivity contribution in [3.63, 3.8) is 0 Å². The number of aromatic nitrogens is 4. The third-order valence-corrected chi connectivity index (χ3v) is 4.25. The van der Waals surface area contributed by atoms with E-state index in [0.717, 1.165) is 31.0 Å². The predicted molar refractivity (Wildman–Crippen MR) is 90.7 cm³/mol. The molecular formula is C17H25N5O. The molecule has 0 radical (unpaired) electrons. The molecule has 3 heterocycles. The van der Waals surface area contributed by atoms with Crippen LogP contribution >= 0.6 is 0 Å². The molecule has 1 fully saturated rings. The van der Waals surface area contributed by atoms with Crippen LogP contribution in [0.25, 0.3) is 0 Å². The molecule has 124 valence electrons. The largest absolute Gasteiger partial charge is 0.370 e. The summed E-state index contributed by atoms with van der Waals surface area (Å²) in [5, 5.41) is 4.37. The zero-order valence-electron chi connectivity index (χ0n) is 14.0. The van der Waals surface area contributed by atoms with Gasteiger partial charge >= 0.3 is 0 Å². The zero-order valence-corrected chi connectivity index (χ0v) is 14.0. The Bertz CT molecular complexity index is 697. The minimum absolute atomic E-state index is 0.0506. The highest BCUT2D eigenvalue weighted by molar-refractivity contribution is 5.43. The molecule has 0 atom stereocenters. The number of hydrogen-bond donors (Lipinski definition) is 0. The molecule has 0 unspecified atom stereocenters. The van der Waals surface area contributed by atoms with Gasteiger partial charge in [-0.05, 0) is 25.2 Å². The summed E-state index contributed by atoms with van der Waals surface area (Å²) in [6.45, 7) is 7.74. The van der Waals surface area contributed by atoms with Crippen LogP contribution in [0, 0.1) is 5.92 Å². The average Bonchev–Trinajstić information content (AvgIpc) is 2.96. The lowest BCUT2D eigenvalue weighted by Gasteiger charge is -2.28. The van der Waals surface area contributed by atoms with Crippen LogP contribution in [-0.4, -0.2) is 32.4 Å². The van der Waals surface area contributed by atoms with Crippen LogP contribution in [-0.2, 0) is 13.1 Å². The number of nitrogens with zero attached hydrogens (tertiary/aromatic N) is 5. The van der Waals surface area contributed by atoms with E-state index in [1.54, 1.807) is 6.07 Å². The smallest absolute Gasteiger partial charge is 0.269 e. The quantitative estimate of drug-likeness (QED) is 0.848. The van der Waals surface area contributed by atoms with E-state index in [0.29, 0.717) is 12.5 Å². The molecule has 2 aromatic rings. The van der Waals surface area contributed by atoms with E-state index < -0.39 is 0 Å². The molecular weight excluding hydrogens is 290 g/mol. The number of hydrogen-bond acceptors (Lipinski definition) is 4. The Kier molecular flexibility index (Phi) is 4.79. The molecule has 6 heteroatoms. The number of rotatable bonds is 5. The Morgan fingerprint density at radius 2 is 1.96 bits per heavy atom. The van der Waals surface area contributed by atoms with E-state index in [1.165, 1.54) is 23.9 Å². The fourth-order valence-electron chi connectivity index (χ4n) is 3.06. The fourth-order valence-corrected chi connectivity index (χ4v) is 3.06. The van der Waals surface area contributed by atoms with Crippen molar-refractivity contribution in [2.45, 2.75) is 46.2 Å². The van der Waals surface area contributed by atoms with Crippen LogP contribution in [0.5, 0.6) is 0 Å². The summed E-state index contributed by atoms with van der Waals surface area (Å²) in [6, 6.07) is 1.71. The van der Waals surface area contributed by atoms with Gasteiger partial charge in [0, 0.05) is 25.7 Å². The molecule has 0 bridgehead atoms. The van der Waals surface area contributed by atoms with Gasteiger partial charge in [0.15, 0.2) is 0 Å². The molecule has 1 aliphatic heterocycles. The lowest BCUT2D eigenvalue weighted by Crippen LogP contribution is -2.32. The summed E-state index contributed by atoms with van der Waals surface area (Å²) in [7, 11) is 0. The second-order valence-corrected chi connectivity index (χ2v) is 6.69. The van der Waals surface area contributed by atoms with Crippen LogP contribution in [0.1, 0.15) is 38.8 Å². The Balaban J connectivity index is 1.76. The molecule has 6 nitrogen and oxygen atoms in total. The average molecular weight is 315 g/mol. The van der Waals surface area contributed by atoms with Gasteiger partial charge in [-0.2, -0.15) is 5.10 Å². The molecule has 0 amide bonds. The maximum absolute atomic E-state index is 12.4. The van der Waals surface area contributed by atoms with Crippen molar-refractivity contribution in [1.29, 1.82) is 0 Å². The Morgan fingerprint density at radius 1 is 1.17 bits per heavy atom. The first kappa shape index (κ1) is 15.8. The van der Waals surface area contributed by atoms with Gasteiger partial charge in [-0.25, -0.2) is 9.67 Å². The first-order valence-electron chi connectivity index (χ1n) is 8.44. The minimum Gasteiger partial charge on any atom is -0.370 e. The highest BCUT2D eigenvalue weighted by atomic mass is 16.1. The highest BCUT2D eigenvalue weighted by Gasteiger charge is 2.13. The van der Waals surface area contributed by atoms with E-state index in [4.69, 9.17) is 0 Å². The van der Waals surface area contributed by atoms with Gasteiger partial charge in [0.05, 0.1) is 36.6 Å². The maximum atomic E-state index is 12.4. The van der Waals surface area contributed by atoms with Crippen molar-refractivity contribution in [3.05, 3.63) is 40.8 Å². The third kappa shape index (κ3) is 3.81. The lowest BCUT2D eigenvalue weighted by atomic mass is 10.1.